The smallest absolute Gasteiger partial charge is 0.134 e. The highest BCUT2D eigenvalue weighted by Gasteiger charge is 2.42. The molecular weight excluding hydrogens is 465 g/mol. The number of hydrogen-bond acceptors (Lipinski definition) is 10. The van der Waals surface area contributed by atoms with E-state index in [2.05, 4.69) is 25.5 Å². The quantitative estimate of drug-likeness (QED) is 0.378. The van der Waals surface area contributed by atoms with Crippen molar-refractivity contribution in [3.63, 3.8) is 0 Å². The Bertz CT molecular complexity index is 902. The highest BCUT2D eigenvalue weighted by atomic mass is 32.2. The molecule has 4 aliphatic heterocycles. The van der Waals surface area contributed by atoms with Crippen LogP contribution in [0.2, 0.25) is 0 Å². The average Bonchev–Trinajstić information content (AvgIpc) is 3.59. The molecule has 0 amide bonds. The molecule has 4 saturated heterocycles. The maximum atomic E-state index is 4.73. The van der Waals surface area contributed by atoms with Crippen LogP contribution in [0, 0.1) is 11.8 Å². The van der Waals surface area contributed by atoms with Gasteiger partial charge in [0.1, 0.15) is 10.1 Å². The second-order valence-corrected chi connectivity index (χ2v) is 13.2. The first kappa shape index (κ1) is 21.3. The number of piperidine rings is 2. The third kappa shape index (κ3) is 4.33. The van der Waals surface area contributed by atoms with Gasteiger partial charge in [0.15, 0.2) is 0 Å². The predicted molar refractivity (Wildman–Crippen MR) is 130 cm³/mol. The number of aromatic nitrogens is 4. The van der Waals surface area contributed by atoms with Crippen LogP contribution in [0.4, 0.5) is 0 Å². The van der Waals surface area contributed by atoms with Crippen LogP contribution in [-0.4, -0.2) is 77.6 Å². The van der Waals surface area contributed by atoms with Crippen molar-refractivity contribution in [2.75, 3.05) is 45.0 Å². The highest BCUT2D eigenvalue weighted by molar-refractivity contribution is 8.00. The molecule has 10 heteroatoms. The maximum Gasteiger partial charge on any atom is 0.134 e. The van der Waals surface area contributed by atoms with Gasteiger partial charge in [0.25, 0.3) is 0 Å². The lowest BCUT2D eigenvalue weighted by Gasteiger charge is -2.21. The Kier molecular flexibility index (Phi) is 6.30. The van der Waals surface area contributed by atoms with E-state index in [0.717, 1.165) is 17.6 Å². The van der Waals surface area contributed by atoms with Gasteiger partial charge in [0, 0.05) is 43.3 Å². The van der Waals surface area contributed by atoms with Gasteiger partial charge in [-0.2, -0.15) is 17.5 Å². The molecule has 0 radical (unpaired) electrons. The Balaban J connectivity index is 0.981. The molecule has 2 aromatic heterocycles. The summed E-state index contributed by atoms with van der Waals surface area (Å²) in [7, 11) is 0. The van der Waals surface area contributed by atoms with Crippen LogP contribution >= 0.6 is 47.0 Å². The van der Waals surface area contributed by atoms with Gasteiger partial charge >= 0.3 is 0 Å². The molecule has 7 atom stereocenters. The van der Waals surface area contributed by atoms with Crippen molar-refractivity contribution in [1.29, 1.82) is 0 Å². The van der Waals surface area contributed by atoms with Crippen molar-refractivity contribution < 1.29 is 0 Å². The summed E-state index contributed by atoms with van der Waals surface area (Å²) in [5.41, 5.74) is 2.59. The Morgan fingerprint density at radius 1 is 0.871 bits per heavy atom. The summed E-state index contributed by atoms with van der Waals surface area (Å²) in [5.74, 6) is 4.00. The summed E-state index contributed by atoms with van der Waals surface area (Å²) in [6.07, 6.45) is 5.10. The van der Waals surface area contributed by atoms with Crippen LogP contribution in [-0.2, 0) is 0 Å². The summed E-state index contributed by atoms with van der Waals surface area (Å²) in [6.45, 7) is 9.85. The molecule has 4 aliphatic rings. The minimum Gasteiger partial charge on any atom is -0.302 e. The predicted octanol–water partition coefficient (Wildman–Crippen LogP) is 4.28. The highest BCUT2D eigenvalue weighted by Crippen LogP contribution is 2.44. The number of hydrogen-bond donors (Lipinski definition) is 0. The maximum absolute atomic E-state index is 4.73. The molecule has 6 heterocycles. The third-order valence-corrected chi connectivity index (χ3v) is 11.2. The molecule has 0 N–H and O–H groups in total. The molecule has 168 valence electrons. The number of rotatable bonds is 9. The average molecular weight is 495 g/mol. The monoisotopic (exact) mass is 494 g/mol. The molecule has 31 heavy (non-hydrogen) atoms. The van der Waals surface area contributed by atoms with E-state index in [-0.39, 0.29) is 0 Å². The summed E-state index contributed by atoms with van der Waals surface area (Å²) in [6, 6.07) is 0. The first-order valence-electron chi connectivity index (χ1n) is 11.6. The van der Waals surface area contributed by atoms with Gasteiger partial charge in [0.2, 0.25) is 0 Å². The molecule has 0 spiro atoms. The molecule has 0 saturated carbocycles. The van der Waals surface area contributed by atoms with E-state index in [0.29, 0.717) is 17.1 Å². The lowest BCUT2D eigenvalue weighted by molar-refractivity contribution is 0.342. The first-order valence-corrected chi connectivity index (χ1v) is 15.0. The normalized spacial score (nSPS) is 34.7. The van der Waals surface area contributed by atoms with Crippen molar-refractivity contribution in [1.82, 2.24) is 27.3 Å². The minimum atomic E-state index is 0.577. The zero-order valence-corrected chi connectivity index (χ0v) is 21.2. The van der Waals surface area contributed by atoms with E-state index in [1.165, 1.54) is 110 Å². The van der Waals surface area contributed by atoms with Crippen molar-refractivity contribution in [3.8, 4) is 0 Å². The lowest BCUT2D eigenvalue weighted by atomic mass is 9.90. The fourth-order valence-electron chi connectivity index (χ4n) is 5.99. The first-order chi connectivity index (χ1) is 15.2. The van der Waals surface area contributed by atoms with Crippen molar-refractivity contribution in [2.45, 2.75) is 59.7 Å². The van der Waals surface area contributed by atoms with Gasteiger partial charge in [-0.05, 0) is 56.4 Å². The topological polar surface area (TPSA) is 58.0 Å². The van der Waals surface area contributed by atoms with Gasteiger partial charge in [-0.15, -0.1) is 23.5 Å². The second-order valence-electron chi connectivity index (χ2n) is 9.66. The van der Waals surface area contributed by atoms with E-state index < -0.39 is 0 Å². The third-order valence-electron chi connectivity index (χ3n) is 7.64. The van der Waals surface area contributed by atoms with Crippen molar-refractivity contribution >= 4 is 47.0 Å². The van der Waals surface area contributed by atoms with Gasteiger partial charge in [-0.3, -0.25) is 0 Å². The van der Waals surface area contributed by atoms with Gasteiger partial charge in [-0.25, -0.2) is 0 Å². The van der Waals surface area contributed by atoms with Crippen molar-refractivity contribution in [2.24, 2.45) is 11.8 Å². The number of fused-ring (bicyclic) bond motifs is 4. The summed E-state index contributed by atoms with van der Waals surface area (Å²) >= 11 is 6.69. The van der Waals surface area contributed by atoms with Crippen molar-refractivity contribution in [3.05, 3.63) is 11.4 Å². The van der Waals surface area contributed by atoms with Crippen LogP contribution < -0.4 is 0 Å². The van der Waals surface area contributed by atoms with Gasteiger partial charge in [0.05, 0.1) is 34.8 Å². The number of thioether (sulfide) groups is 2. The van der Waals surface area contributed by atoms with E-state index in [4.69, 9.17) is 8.75 Å². The molecule has 2 aromatic rings. The molecule has 0 aromatic carbocycles. The van der Waals surface area contributed by atoms with Crippen LogP contribution in [0.15, 0.2) is 10.1 Å². The minimum absolute atomic E-state index is 0.577. The van der Waals surface area contributed by atoms with E-state index in [1.54, 1.807) is 0 Å². The van der Waals surface area contributed by atoms with E-state index in [1.807, 2.05) is 23.5 Å². The molecule has 7 unspecified atom stereocenters. The van der Waals surface area contributed by atoms with E-state index >= 15 is 0 Å². The fourth-order valence-corrected chi connectivity index (χ4v) is 9.55. The SMILES string of the molecule is CC(CCCSc1nsnc1C1CN2CCC1C2)Sc1nsnc1C1CN2CCC1C2. The molecular formula is C21H30N6S4. The molecule has 6 nitrogen and oxygen atoms in total. The fraction of sp³-hybridized carbons (Fsp3) is 0.810. The zero-order chi connectivity index (χ0) is 20.8. The Morgan fingerprint density at radius 3 is 2.06 bits per heavy atom. The Hall–Kier alpha value is -0.260. The summed E-state index contributed by atoms with van der Waals surface area (Å²) in [4.78, 5) is 5.19. The number of nitrogens with zero attached hydrogens (tertiary/aromatic N) is 6. The second kappa shape index (κ2) is 9.18. The summed E-state index contributed by atoms with van der Waals surface area (Å²) < 4.78 is 18.8. The van der Waals surface area contributed by atoms with E-state index in [9.17, 15) is 0 Å². The van der Waals surface area contributed by atoms with Crippen LogP contribution in [0.25, 0.3) is 0 Å². The molecule has 6 rings (SSSR count). The standard InChI is InChI=1S/C21H30N6S4/c1-13(29-21-19(23-31-25-21)17-12-27-7-5-15(17)10-27)3-2-8-28-20-18(22-30-24-20)16-11-26-6-4-14(16)9-26/h13-17H,2-12H2,1H3. The van der Waals surface area contributed by atoms with Crippen LogP contribution in [0.1, 0.15) is 55.8 Å². The Labute approximate surface area is 201 Å². The molecule has 0 aliphatic carbocycles. The lowest BCUT2D eigenvalue weighted by Crippen LogP contribution is -2.22. The van der Waals surface area contributed by atoms with Gasteiger partial charge < -0.3 is 9.80 Å². The summed E-state index contributed by atoms with van der Waals surface area (Å²) in [5, 5.41) is 3.00. The van der Waals surface area contributed by atoms with Crippen LogP contribution in [0.3, 0.4) is 0 Å². The molecule has 4 fully saturated rings. The Morgan fingerprint density at radius 2 is 1.48 bits per heavy atom. The molecule has 4 bridgehead atoms. The largest absolute Gasteiger partial charge is 0.302 e. The van der Waals surface area contributed by atoms with Crippen LogP contribution in [0.5, 0.6) is 0 Å². The van der Waals surface area contributed by atoms with Gasteiger partial charge in [-0.1, -0.05) is 6.92 Å². The zero-order valence-electron chi connectivity index (χ0n) is 18.0.